The first-order chi connectivity index (χ1) is 10.5. The van der Waals surface area contributed by atoms with E-state index in [-0.39, 0.29) is 5.78 Å². The van der Waals surface area contributed by atoms with E-state index < -0.39 is 5.82 Å². The first kappa shape index (κ1) is 16.2. The minimum Gasteiger partial charge on any atom is -0.497 e. The van der Waals surface area contributed by atoms with E-state index in [0.717, 1.165) is 4.47 Å². The van der Waals surface area contributed by atoms with Crippen LogP contribution in [0, 0.1) is 5.82 Å². The first-order valence-electron chi connectivity index (χ1n) is 6.44. The van der Waals surface area contributed by atoms with Gasteiger partial charge >= 0.3 is 0 Å². The normalized spacial score (nSPS) is 10.7. The first-order valence-corrected chi connectivity index (χ1v) is 7.24. The van der Waals surface area contributed by atoms with Crippen molar-refractivity contribution in [2.75, 3.05) is 14.2 Å². The van der Waals surface area contributed by atoms with Crippen molar-refractivity contribution >= 4 is 27.8 Å². The maximum Gasteiger partial charge on any atom is 0.189 e. The minimum atomic E-state index is -0.394. The molecule has 0 amide bonds. The molecule has 2 aromatic carbocycles. The Morgan fingerprint density at radius 1 is 1.14 bits per heavy atom. The number of halogens is 2. The van der Waals surface area contributed by atoms with Crippen molar-refractivity contribution in [2.45, 2.75) is 0 Å². The summed E-state index contributed by atoms with van der Waals surface area (Å²) in [6, 6.07) is 9.44. The van der Waals surface area contributed by atoms with Gasteiger partial charge in [-0.2, -0.15) is 0 Å². The quantitative estimate of drug-likeness (QED) is 0.578. The van der Waals surface area contributed by atoms with E-state index >= 15 is 0 Å². The average molecular weight is 365 g/mol. The molecule has 0 unspecified atom stereocenters. The summed E-state index contributed by atoms with van der Waals surface area (Å²) in [5, 5.41) is 0. The maximum atomic E-state index is 13.6. The van der Waals surface area contributed by atoms with Crippen LogP contribution in [0.5, 0.6) is 11.5 Å². The molecule has 0 N–H and O–H groups in total. The van der Waals surface area contributed by atoms with Crippen LogP contribution in [0.1, 0.15) is 15.9 Å². The lowest BCUT2D eigenvalue weighted by Crippen LogP contribution is -1.99. The molecule has 0 radical (unpaired) electrons. The Morgan fingerprint density at radius 3 is 2.59 bits per heavy atom. The smallest absolute Gasteiger partial charge is 0.189 e. The van der Waals surface area contributed by atoms with Crippen molar-refractivity contribution in [3.8, 4) is 11.5 Å². The number of allylic oxidation sites excluding steroid dienone is 1. The van der Waals surface area contributed by atoms with Crippen LogP contribution in [0.15, 0.2) is 46.9 Å². The van der Waals surface area contributed by atoms with Crippen LogP contribution in [0.3, 0.4) is 0 Å². The fraction of sp³-hybridized carbons (Fsp3) is 0.118. The number of benzene rings is 2. The largest absolute Gasteiger partial charge is 0.497 e. The van der Waals surface area contributed by atoms with Gasteiger partial charge in [-0.1, -0.05) is 15.9 Å². The van der Waals surface area contributed by atoms with Gasteiger partial charge in [-0.15, -0.1) is 0 Å². The molecular weight excluding hydrogens is 351 g/mol. The Kier molecular flexibility index (Phi) is 5.33. The van der Waals surface area contributed by atoms with E-state index in [9.17, 15) is 9.18 Å². The highest BCUT2D eigenvalue weighted by Crippen LogP contribution is 2.25. The van der Waals surface area contributed by atoms with Gasteiger partial charge < -0.3 is 9.47 Å². The summed E-state index contributed by atoms with van der Waals surface area (Å²) in [4.78, 5) is 12.3. The van der Waals surface area contributed by atoms with Crippen LogP contribution in [0.4, 0.5) is 4.39 Å². The second kappa shape index (κ2) is 7.22. The summed E-state index contributed by atoms with van der Waals surface area (Å²) in [5.41, 5.74) is 0.713. The molecule has 0 aliphatic heterocycles. The van der Waals surface area contributed by atoms with Crippen molar-refractivity contribution in [3.63, 3.8) is 0 Å². The molecule has 0 fully saturated rings. The third kappa shape index (κ3) is 3.74. The molecule has 0 aromatic heterocycles. The molecule has 0 aliphatic carbocycles. The fourth-order valence-corrected chi connectivity index (χ4v) is 2.28. The van der Waals surface area contributed by atoms with Gasteiger partial charge in [-0.3, -0.25) is 4.79 Å². The predicted octanol–water partition coefficient (Wildman–Crippen LogP) is 4.50. The van der Waals surface area contributed by atoms with Crippen LogP contribution < -0.4 is 9.47 Å². The lowest BCUT2D eigenvalue weighted by Gasteiger charge is -2.08. The third-order valence-corrected chi connectivity index (χ3v) is 3.54. The Labute approximate surface area is 136 Å². The number of carbonyl (C=O) groups is 1. The monoisotopic (exact) mass is 364 g/mol. The molecule has 0 saturated carbocycles. The summed E-state index contributed by atoms with van der Waals surface area (Å²) in [6.07, 6.45) is 2.75. The van der Waals surface area contributed by atoms with Crippen LogP contribution in [0.2, 0.25) is 0 Å². The number of ether oxygens (including phenoxy) is 2. The highest BCUT2D eigenvalue weighted by Gasteiger charge is 2.11. The van der Waals surface area contributed by atoms with E-state index in [1.54, 1.807) is 30.3 Å². The lowest BCUT2D eigenvalue weighted by atomic mass is 10.1. The van der Waals surface area contributed by atoms with Crippen LogP contribution in [0.25, 0.3) is 6.08 Å². The van der Waals surface area contributed by atoms with E-state index in [1.165, 1.54) is 32.4 Å². The predicted molar refractivity (Wildman–Crippen MR) is 87.0 cm³/mol. The molecule has 0 heterocycles. The second-order valence-electron chi connectivity index (χ2n) is 4.43. The molecule has 2 aromatic rings. The number of rotatable bonds is 5. The van der Waals surface area contributed by atoms with E-state index in [0.29, 0.717) is 22.6 Å². The molecule has 3 nitrogen and oxygen atoms in total. The van der Waals surface area contributed by atoms with E-state index in [4.69, 9.17) is 9.47 Å². The molecule has 5 heteroatoms. The summed E-state index contributed by atoms with van der Waals surface area (Å²) >= 11 is 3.27. The van der Waals surface area contributed by atoms with Gasteiger partial charge in [-0.05, 0) is 42.5 Å². The summed E-state index contributed by atoms with van der Waals surface area (Å²) in [6.45, 7) is 0. The number of ketones is 1. The van der Waals surface area contributed by atoms with Gasteiger partial charge in [0.25, 0.3) is 0 Å². The number of carbonyl (C=O) groups excluding carboxylic acids is 1. The zero-order valence-electron chi connectivity index (χ0n) is 12.1. The van der Waals surface area contributed by atoms with Crippen molar-refractivity contribution < 1.29 is 18.7 Å². The lowest BCUT2D eigenvalue weighted by molar-refractivity contribution is 0.104. The van der Waals surface area contributed by atoms with Crippen LogP contribution in [-0.2, 0) is 0 Å². The zero-order valence-corrected chi connectivity index (χ0v) is 13.7. The molecule has 0 saturated heterocycles. The van der Waals surface area contributed by atoms with Crippen molar-refractivity contribution in [1.82, 2.24) is 0 Å². The summed E-state index contributed by atoms with van der Waals surface area (Å²) in [5.74, 6) is 0.326. The van der Waals surface area contributed by atoms with Crippen molar-refractivity contribution in [3.05, 3.63) is 63.9 Å². The average Bonchev–Trinajstić information content (AvgIpc) is 2.54. The van der Waals surface area contributed by atoms with Crippen molar-refractivity contribution in [1.29, 1.82) is 0 Å². The Hall–Kier alpha value is -2.14. The molecular formula is C17H14BrFO3. The van der Waals surface area contributed by atoms with Gasteiger partial charge in [-0.25, -0.2) is 4.39 Å². The van der Waals surface area contributed by atoms with Crippen molar-refractivity contribution in [2.24, 2.45) is 0 Å². The molecule has 114 valence electrons. The SMILES string of the molecule is COc1ccc(C(=O)/C=C/c2cc(Br)ccc2F)c(OC)c1. The Morgan fingerprint density at radius 2 is 1.91 bits per heavy atom. The topological polar surface area (TPSA) is 35.5 Å². The molecule has 0 spiro atoms. The Bertz CT molecular complexity index is 726. The van der Waals surface area contributed by atoms with Gasteiger partial charge in [0, 0.05) is 16.1 Å². The van der Waals surface area contributed by atoms with Gasteiger partial charge in [0.1, 0.15) is 17.3 Å². The van der Waals surface area contributed by atoms with Gasteiger partial charge in [0.15, 0.2) is 5.78 Å². The zero-order chi connectivity index (χ0) is 16.1. The second-order valence-corrected chi connectivity index (χ2v) is 5.35. The maximum absolute atomic E-state index is 13.6. The molecule has 0 aliphatic rings. The van der Waals surface area contributed by atoms with E-state index in [1.807, 2.05) is 0 Å². The number of hydrogen-bond acceptors (Lipinski definition) is 3. The summed E-state index contributed by atoms with van der Waals surface area (Å²) < 4.78 is 24.7. The molecule has 2 rings (SSSR count). The minimum absolute atomic E-state index is 0.279. The highest BCUT2D eigenvalue weighted by atomic mass is 79.9. The molecule has 22 heavy (non-hydrogen) atoms. The Balaban J connectivity index is 2.29. The van der Waals surface area contributed by atoms with Gasteiger partial charge in [0.2, 0.25) is 0 Å². The fourth-order valence-electron chi connectivity index (χ4n) is 1.90. The number of methoxy groups -OCH3 is 2. The van der Waals surface area contributed by atoms with Crippen LogP contribution in [-0.4, -0.2) is 20.0 Å². The highest BCUT2D eigenvalue weighted by molar-refractivity contribution is 9.10. The van der Waals surface area contributed by atoms with Crippen LogP contribution >= 0.6 is 15.9 Å². The molecule has 0 atom stereocenters. The van der Waals surface area contributed by atoms with E-state index in [2.05, 4.69) is 15.9 Å². The molecule has 0 bridgehead atoms. The third-order valence-electron chi connectivity index (χ3n) is 3.05. The van der Waals surface area contributed by atoms with Gasteiger partial charge in [0.05, 0.1) is 19.8 Å². The number of hydrogen-bond donors (Lipinski definition) is 0. The standard InChI is InChI=1S/C17H14BrFO3/c1-21-13-5-6-14(17(10-13)22-2)16(20)8-3-11-9-12(18)4-7-15(11)19/h3-10H,1-2H3/b8-3+. The summed E-state index contributed by atoms with van der Waals surface area (Å²) in [7, 11) is 3.01.